The number of hydrogen-bond acceptors (Lipinski definition) is 7. The number of nitrogens with one attached hydrogen (secondary N) is 1. The van der Waals surface area contributed by atoms with E-state index in [1.807, 2.05) is 0 Å². The molecule has 0 aromatic heterocycles. The Morgan fingerprint density at radius 2 is 1.37 bits per heavy atom. The van der Waals surface area contributed by atoms with Gasteiger partial charge < -0.3 is 5.11 Å². The summed E-state index contributed by atoms with van der Waals surface area (Å²) in [5.74, 6) is -1.91. The zero-order valence-corrected chi connectivity index (χ0v) is 21.5. The van der Waals surface area contributed by atoms with Crippen molar-refractivity contribution in [1.82, 2.24) is 14.0 Å². The molecule has 3 aromatic carbocycles. The topological polar surface area (TPSA) is 154 Å². The summed E-state index contributed by atoms with van der Waals surface area (Å²) in [6, 6.07) is 19.5. The molecule has 0 aliphatic carbocycles. The van der Waals surface area contributed by atoms with Gasteiger partial charge in [0.05, 0.1) is 21.6 Å². The highest BCUT2D eigenvalue weighted by Crippen LogP contribution is 2.25. The highest BCUT2D eigenvalue weighted by Gasteiger charge is 2.43. The highest BCUT2D eigenvalue weighted by atomic mass is 32.2. The summed E-state index contributed by atoms with van der Waals surface area (Å²) in [6.45, 7) is -0.814. The minimum atomic E-state index is -4.14. The maximum atomic E-state index is 13.4. The van der Waals surface area contributed by atoms with Crippen molar-refractivity contribution >= 4 is 38.1 Å². The fraction of sp³-hybridized carbons (Fsp3) is 0.160. The fourth-order valence-electron chi connectivity index (χ4n) is 3.89. The van der Waals surface area contributed by atoms with Crippen molar-refractivity contribution < 1.29 is 31.5 Å². The number of carboxylic acids is 1. The van der Waals surface area contributed by atoms with Crippen LogP contribution in [0.25, 0.3) is 0 Å². The summed E-state index contributed by atoms with van der Waals surface area (Å²) in [4.78, 5) is 24.2. The Labute approximate surface area is 220 Å². The number of aromatic carboxylic acids is 1. The quantitative estimate of drug-likeness (QED) is 0.316. The predicted molar refractivity (Wildman–Crippen MR) is 138 cm³/mol. The Hall–Kier alpha value is -3.91. The van der Waals surface area contributed by atoms with Crippen LogP contribution in [-0.2, 0) is 24.8 Å². The van der Waals surface area contributed by atoms with Crippen LogP contribution in [0.4, 0.5) is 0 Å². The lowest BCUT2D eigenvalue weighted by Crippen LogP contribution is -2.60. The summed E-state index contributed by atoms with van der Waals surface area (Å²) in [5, 5.41) is 12.9. The summed E-state index contributed by atoms with van der Waals surface area (Å²) in [7, 11) is -8.13. The van der Waals surface area contributed by atoms with E-state index >= 15 is 0 Å². The molecule has 1 aliphatic rings. The zero-order chi connectivity index (χ0) is 27.3. The molecule has 0 bridgehead atoms. The molecule has 1 amide bonds. The summed E-state index contributed by atoms with van der Waals surface area (Å²) in [6.07, 6.45) is 1.26. The summed E-state index contributed by atoms with van der Waals surface area (Å²) >= 11 is 0. The summed E-state index contributed by atoms with van der Waals surface area (Å²) < 4.78 is 55.3. The lowest BCUT2D eigenvalue weighted by atomic mass is 10.1. The first kappa shape index (κ1) is 27.1. The smallest absolute Gasteiger partial charge is 0.335 e. The normalized spacial score (nSPS) is 17.3. The van der Waals surface area contributed by atoms with Gasteiger partial charge in [0.15, 0.2) is 0 Å². The predicted octanol–water partition coefficient (Wildman–Crippen LogP) is 1.60. The molecular weight excluding hydrogens is 532 g/mol. The first-order valence-electron chi connectivity index (χ1n) is 11.4. The third-order valence-corrected chi connectivity index (χ3v) is 9.68. The molecule has 0 saturated carbocycles. The van der Waals surface area contributed by atoms with Crippen molar-refractivity contribution in [3.8, 4) is 0 Å². The minimum Gasteiger partial charge on any atom is -0.478 e. The second-order valence-corrected chi connectivity index (χ2v) is 12.1. The van der Waals surface area contributed by atoms with Gasteiger partial charge >= 0.3 is 5.97 Å². The van der Waals surface area contributed by atoms with Crippen LogP contribution in [-0.4, -0.2) is 74.3 Å². The van der Waals surface area contributed by atoms with E-state index in [4.69, 9.17) is 5.11 Å². The number of hydrogen-bond donors (Lipinski definition) is 2. The number of rotatable bonds is 8. The molecule has 1 aliphatic heterocycles. The van der Waals surface area contributed by atoms with E-state index in [9.17, 15) is 26.4 Å². The first-order valence-corrected chi connectivity index (χ1v) is 14.3. The average Bonchev–Trinajstić information content (AvgIpc) is 2.94. The summed E-state index contributed by atoms with van der Waals surface area (Å²) in [5.41, 5.74) is 2.86. The van der Waals surface area contributed by atoms with Gasteiger partial charge in [-0.1, -0.05) is 48.5 Å². The van der Waals surface area contributed by atoms with Crippen LogP contribution < -0.4 is 5.43 Å². The molecular formula is C25H24N4O7S2. The van der Waals surface area contributed by atoms with Gasteiger partial charge in [-0.2, -0.15) is 13.7 Å². The largest absolute Gasteiger partial charge is 0.478 e. The Morgan fingerprint density at radius 3 is 1.92 bits per heavy atom. The minimum absolute atomic E-state index is 0.0285. The van der Waals surface area contributed by atoms with Gasteiger partial charge in [-0.25, -0.2) is 27.1 Å². The van der Waals surface area contributed by atoms with Gasteiger partial charge in [-0.3, -0.25) is 4.79 Å². The molecule has 0 spiro atoms. The molecule has 0 unspecified atom stereocenters. The van der Waals surface area contributed by atoms with Gasteiger partial charge in [0.25, 0.3) is 5.91 Å². The molecule has 1 heterocycles. The van der Waals surface area contributed by atoms with Crippen molar-refractivity contribution in [3.63, 3.8) is 0 Å². The molecule has 38 heavy (non-hydrogen) atoms. The lowest BCUT2D eigenvalue weighted by molar-refractivity contribution is -0.125. The standard InChI is InChI=1S/C25H24N4O7S2/c30-24(27-26-17-19-11-13-20(14-12-19)25(31)32)23-18-28(37(33,34)21-7-3-1-4-8-21)15-16-29(23)38(35,36)22-9-5-2-6-10-22/h1-14,17,23H,15-16,18H2,(H,27,30)(H,31,32)/b26-17-/t23-/m1/s1. The molecule has 11 nitrogen and oxygen atoms in total. The number of benzene rings is 3. The number of carbonyl (C=O) groups is 2. The average molecular weight is 557 g/mol. The van der Waals surface area contributed by atoms with E-state index in [2.05, 4.69) is 10.5 Å². The molecule has 198 valence electrons. The Morgan fingerprint density at radius 1 is 0.816 bits per heavy atom. The van der Waals surface area contributed by atoms with Gasteiger partial charge in [-0.05, 0) is 42.0 Å². The van der Waals surface area contributed by atoms with Crippen molar-refractivity contribution in [2.45, 2.75) is 15.8 Å². The molecule has 3 aromatic rings. The van der Waals surface area contributed by atoms with E-state index in [1.165, 1.54) is 54.7 Å². The van der Waals surface area contributed by atoms with E-state index in [-0.39, 0.29) is 28.4 Å². The number of hydrazone groups is 1. The Balaban J connectivity index is 1.60. The second-order valence-electron chi connectivity index (χ2n) is 8.28. The van der Waals surface area contributed by atoms with Crippen LogP contribution in [0.1, 0.15) is 15.9 Å². The van der Waals surface area contributed by atoms with Crippen LogP contribution in [0.3, 0.4) is 0 Å². The molecule has 2 N–H and O–H groups in total. The van der Waals surface area contributed by atoms with E-state index in [0.29, 0.717) is 5.56 Å². The van der Waals surface area contributed by atoms with E-state index < -0.39 is 44.5 Å². The lowest BCUT2D eigenvalue weighted by Gasteiger charge is -2.38. The molecule has 0 radical (unpaired) electrons. The van der Waals surface area contributed by atoms with E-state index in [0.717, 1.165) is 8.61 Å². The number of sulfonamides is 2. The molecule has 1 saturated heterocycles. The molecule has 13 heteroatoms. The second kappa shape index (κ2) is 11.2. The maximum Gasteiger partial charge on any atom is 0.335 e. The number of carbonyl (C=O) groups excluding carboxylic acids is 1. The van der Waals surface area contributed by atoms with Gasteiger partial charge in [0.1, 0.15) is 6.04 Å². The van der Waals surface area contributed by atoms with Crippen LogP contribution in [0.15, 0.2) is 99.8 Å². The SMILES string of the molecule is O=C(O)c1ccc(/C=N\NC(=O)[C@H]2CN(S(=O)(=O)c3ccccc3)CCN2S(=O)(=O)c2ccccc2)cc1. The van der Waals surface area contributed by atoms with Crippen molar-refractivity contribution in [3.05, 3.63) is 96.1 Å². The van der Waals surface area contributed by atoms with Gasteiger partial charge in [0, 0.05) is 19.6 Å². The number of nitrogens with zero attached hydrogens (tertiary/aromatic N) is 3. The van der Waals surface area contributed by atoms with Gasteiger partial charge in [-0.15, -0.1) is 0 Å². The van der Waals surface area contributed by atoms with Crippen LogP contribution in [0.5, 0.6) is 0 Å². The maximum absolute atomic E-state index is 13.4. The first-order chi connectivity index (χ1) is 18.1. The third kappa shape index (κ3) is 5.81. The van der Waals surface area contributed by atoms with Crippen molar-refractivity contribution in [2.75, 3.05) is 19.6 Å². The van der Waals surface area contributed by atoms with Crippen LogP contribution in [0.2, 0.25) is 0 Å². The Kier molecular flexibility index (Phi) is 8.02. The van der Waals surface area contributed by atoms with Gasteiger partial charge in [0.2, 0.25) is 20.0 Å². The number of amides is 1. The fourth-order valence-corrected chi connectivity index (χ4v) is 6.94. The number of carboxylic acid groups (broad SMARTS) is 1. The van der Waals surface area contributed by atoms with E-state index in [1.54, 1.807) is 36.4 Å². The number of piperazine rings is 1. The Bertz CT molecular complexity index is 1540. The molecule has 4 rings (SSSR count). The molecule has 1 fully saturated rings. The van der Waals surface area contributed by atoms with Crippen molar-refractivity contribution in [2.24, 2.45) is 5.10 Å². The third-order valence-electron chi connectivity index (χ3n) is 5.87. The van der Waals surface area contributed by atoms with Crippen LogP contribution in [0, 0.1) is 0 Å². The van der Waals surface area contributed by atoms with Crippen LogP contribution >= 0.6 is 0 Å². The zero-order valence-electron chi connectivity index (χ0n) is 19.9. The highest BCUT2D eigenvalue weighted by molar-refractivity contribution is 7.89. The van der Waals surface area contributed by atoms with Crippen molar-refractivity contribution in [1.29, 1.82) is 0 Å². The molecule has 1 atom stereocenters. The monoisotopic (exact) mass is 556 g/mol.